The van der Waals surface area contributed by atoms with Crippen molar-refractivity contribution in [3.63, 3.8) is 0 Å². The first-order valence-corrected chi connectivity index (χ1v) is 10.2. The number of anilines is 1. The molecule has 0 bridgehead atoms. The topological polar surface area (TPSA) is 80.5 Å². The molecule has 3 aromatic carbocycles. The smallest absolute Gasteiger partial charge is 0.259 e. The molecule has 0 aliphatic carbocycles. The molecule has 3 rings (SSSR count). The number of nitrogens with zero attached hydrogens (tertiary/aromatic N) is 2. The summed E-state index contributed by atoms with van der Waals surface area (Å²) in [4.78, 5) is 10.4. The summed E-state index contributed by atoms with van der Waals surface area (Å²) in [5.74, 6) is 0. The minimum atomic E-state index is -4.04. The first kappa shape index (κ1) is 19.6. The summed E-state index contributed by atoms with van der Waals surface area (Å²) in [7, 11) is -4.04. The van der Waals surface area contributed by atoms with Crippen LogP contribution in [0.15, 0.2) is 83.8 Å². The maximum absolute atomic E-state index is 13.5. The quantitative estimate of drug-likeness (QED) is 0.440. The van der Waals surface area contributed by atoms with Crippen LogP contribution in [-0.4, -0.2) is 13.3 Å². The van der Waals surface area contributed by atoms with Crippen molar-refractivity contribution in [1.29, 1.82) is 0 Å². The van der Waals surface area contributed by atoms with Gasteiger partial charge in [-0.15, -0.1) is 0 Å². The number of sulfonamides is 1. The predicted molar refractivity (Wildman–Crippen MR) is 109 cm³/mol. The van der Waals surface area contributed by atoms with E-state index in [9.17, 15) is 18.5 Å². The molecule has 0 amide bonds. The number of nitro benzene ring substituents is 1. The van der Waals surface area contributed by atoms with Gasteiger partial charge in [0.2, 0.25) is 0 Å². The number of hydrogen-bond donors (Lipinski definition) is 0. The van der Waals surface area contributed by atoms with Crippen molar-refractivity contribution < 1.29 is 13.3 Å². The first-order chi connectivity index (χ1) is 13.3. The first-order valence-electron chi connectivity index (χ1n) is 8.71. The molecule has 0 aliphatic rings. The molecule has 0 fully saturated rings. The van der Waals surface area contributed by atoms with Crippen LogP contribution in [0.4, 0.5) is 11.4 Å². The number of hydrogen-bond acceptors (Lipinski definition) is 4. The molecule has 0 saturated heterocycles. The van der Waals surface area contributed by atoms with Crippen LogP contribution in [0.5, 0.6) is 0 Å². The van der Waals surface area contributed by atoms with Crippen LogP contribution in [0.25, 0.3) is 0 Å². The average molecular weight is 396 g/mol. The van der Waals surface area contributed by atoms with Crippen LogP contribution in [0.3, 0.4) is 0 Å². The summed E-state index contributed by atoms with van der Waals surface area (Å²) in [6.45, 7) is 3.74. The van der Waals surface area contributed by atoms with E-state index in [1.54, 1.807) is 37.3 Å². The minimum absolute atomic E-state index is 0.120. The van der Waals surface area contributed by atoms with Gasteiger partial charge in [0.05, 0.1) is 21.5 Å². The van der Waals surface area contributed by atoms with Crippen LogP contribution >= 0.6 is 0 Å². The van der Waals surface area contributed by atoms with Crippen LogP contribution in [0.2, 0.25) is 0 Å². The fourth-order valence-corrected chi connectivity index (χ4v) is 4.77. The molecule has 3 aromatic rings. The largest absolute Gasteiger partial charge is 0.270 e. The van der Waals surface area contributed by atoms with Crippen molar-refractivity contribution in [2.24, 2.45) is 0 Å². The molecule has 0 aliphatic heterocycles. The lowest BCUT2D eigenvalue weighted by atomic mass is 10.1. The van der Waals surface area contributed by atoms with Crippen molar-refractivity contribution in [1.82, 2.24) is 0 Å². The third-order valence-corrected chi connectivity index (χ3v) is 6.37. The van der Waals surface area contributed by atoms with Gasteiger partial charge in [-0.3, -0.25) is 14.4 Å². The van der Waals surface area contributed by atoms with Crippen molar-refractivity contribution in [3.05, 3.63) is 100 Å². The second kappa shape index (κ2) is 7.82. The van der Waals surface area contributed by atoms with E-state index >= 15 is 0 Å². The van der Waals surface area contributed by atoms with Crippen molar-refractivity contribution in [2.75, 3.05) is 4.31 Å². The van der Waals surface area contributed by atoms with Crippen LogP contribution in [-0.2, 0) is 10.0 Å². The molecule has 0 N–H and O–H groups in total. The minimum Gasteiger partial charge on any atom is -0.259 e. The molecular weight excluding hydrogens is 376 g/mol. The van der Waals surface area contributed by atoms with Crippen molar-refractivity contribution >= 4 is 21.4 Å². The molecule has 0 radical (unpaired) electrons. The zero-order valence-electron chi connectivity index (χ0n) is 15.5. The number of benzene rings is 3. The second-order valence-corrected chi connectivity index (χ2v) is 8.30. The maximum atomic E-state index is 13.5. The summed E-state index contributed by atoms with van der Waals surface area (Å²) in [5, 5.41) is 11.1. The summed E-state index contributed by atoms with van der Waals surface area (Å²) in [6.07, 6.45) is 0. The lowest BCUT2D eigenvalue weighted by Crippen LogP contribution is -2.33. The summed E-state index contributed by atoms with van der Waals surface area (Å²) < 4.78 is 28.3. The highest BCUT2D eigenvalue weighted by Crippen LogP contribution is 2.34. The van der Waals surface area contributed by atoms with Gasteiger partial charge in [-0.1, -0.05) is 54.1 Å². The summed E-state index contributed by atoms with van der Waals surface area (Å²) >= 11 is 0. The van der Waals surface area contributed by atoms with Crippen molar-refractivity contribution in [3.8, 4) is 0 Å². The molecule has 1 unspecified atom stereocenters. The molecule has 0 saturated carbocycles. The van der Waals surface area contributed by atoms with E-state index in [-0.39, 0.29) is 10.6 Å². The molecule has 0 heterocycles. The van der Waals surface area contributed by atoms with Gasteiger partial charge in [-0.25, -0.2) is 8.42 Å². The molecule has 0 aromatic heterocycles. The molecule has 1 atom stereocenters. The van der Waals surface area contributed by atoms with Gasteiger partial charge in [0.1, 0.15) is 0 Å². The van der Waals surface area contributed by atoms with E-state index in [1.807, 2.05) is 31.2 Å². The van der Waals surface area contributed by atoms with Gasteiger partial charge in [-0.05, 0) is 37.6 Å². The van der Waals surface area contributed by atoms with E-state index in [2.05, 4.69) is 0 Å². The van der Waals surface area contributed by atoms with E-state index in [4.69, 9.17) is 0 Å². The molecule has 28 heavy (non-hydrogen) atoms. The Balaban J connectivity index is 2.16. The number of rotatable bonds is 6. The fraction of sp³-hybridized carbons (Fsp3) is 0.143. The molecule has 144 valence electrons. The maximum Gasteiger partial charge on any atom is 0.270 e. The number of para-hydroxylation sites is 1. The number of aryl methyl sites for hydroxylation is 1. The molecule has 7 heteroatoms. The van der Waals surface area contributed by atoms with Gasteiger partial charge in [0, 0.05) is 12.1 Å². The third kappa shape index (κ3) is 3.89. The number of nitro groups is 1. The Hall–Kier alpha value is -3.19. The Labute approximate surface area is 164 Å². The molecule has 6 nitrogen and oxygen atoms in total. The highest BCUT2D eigenvalue weighted by Gasteiger charge is 2.31. The molecule has 0 spiro atoms. The Bertz CT molecular complexity index is 1100. The van der Waals surface area contributed by atoms with Crippen LogP contribution < -0.4 is 4.31 Å². The number of non-ortho nitro benzene ring substituents is 1. The Morgan fingerprint density at radius 1 is 0.929 bits per heavy atom. The highest BCUT2D eigenvalue weighted by molar-refractivity contribution is 7.92. The van der Waals surface area contributed by atoms with Gasteiger partial charge < -0.3 is 0 Å². The van der Waals surface area contributed by atoms with Crippen molar-refractivity contribution in [2.45, 2.75) is 24.8 Å². The SMILES string of the molecule is Cc1cccc(C(C)N(c2ccccc2)S(=O)(=O)c2cccc([N+](=O)[O-])c2)c1. The Morgan fingerprint density at radius 2 is 1.61 bits per heavy atom. The predicted octanol–water partition coefficient (Wildman–Crippen LogP) is 4.86. The Morgan fingerprint density at radius 3 is 2.25 bits per heavy atom. The van der Waals surface area contributed by atoms with E-state index < -0.39 is 21.0 Å². The summed E-state index contributed by atoms with van der Waals surface area (Å²) in [6, 6.07) is 21.0. The van der Waals surface area contributed by atoms with Gasteiger partial charge >= 0.3 is 0 Å². The van der Waals surface area contributed by atoms with E-state index in [0.29, 0.717) is 5.69 Å². The standard InChI is InChI=1S/C21H20N2O4S/c1-16-8-6-9-18(14-16)17(2)22(19-10-4-3-5-11-19)28(26,27)21-13-7-12-20(15-21)23(24)25/h3-15,17H,1-2H3. The van der Waals surface area contributed by atoms with E-state index in [1.165, 1.54) is 22.5 Å². The van der Waals surface area contributed by atoms with Crippen LogP contribution in [0, 0.1) is 17.0 Å². The summed E-state index contributed by atoms with van der Waals surface area (Å²) in [5.41, 5.74) is 2.07. The van der Waals surface area contributed by atoms with E-state index in [0.717, 1.165) is 17.2 Å². The van der Waals surface area contributed by atoms with Gasteiger partial charge in [-0.2, -0.15) is 0 Å². The lowest BCUT2D eigenvalue weighted by Gasteiger charge is -2.31. The highest BCUT2D eigenvalue weighted by atomic mass is 32.2. The lowest BCUT2D eigenvalue weighted by molar-refractivity contribution is -0.385. The molecular formula is C21H20N2O4S. The second-order valence-electron chi connectivity index (χ2n) is 6.48. The average Bonchev–Trinajstić information content (AvgIpc) is 2.69. The third-order valence-electron chi connectivity index (χ3n) is 4.47. The monoisotopic (exact) mass is 396 g/mol. The van der Waals surface area contributed by atoms with Gasteiger partial charge in [0.25, 0.3) is 15.7 Å². The zero-order valence-corrected chi connectivity index (χ0v) is 16.3. The Kier molecular flexibility index (Phi) is 5.46. The van der Waals surface area contributed by atoms with Gasteiger partial charge in [0.15, 0.2) is 0 Å². The normalized spacial score (nSPS) is 12.4. The van der Waals surface area contributed by atoms with Crippen LogP contribution in [0.1, 0.15) is 24.1 Å². The zero-order chi connectivity index (χ0) is 20.3. The fourth-order valence-electron chi connectivity index (χ4n) is 3.08.